The Labute approximate surface area is 265 Å². The molecule has 0 radical (unpaired) electrons. The van der Waals surface area contributed by atoms with Gasteiger partial charge in [0.2, 0.25) is 9.84 Å². The van der Waals surface area contributed by atoms with E-state index in [0.29, 0.717) is 35.9 Å². The van der Waals surface area contributed by atoms with Gasteiger partial charge < -0.3 is 9.47 Å². The van der Waals surface area contributed by atoms with E-state index < -0.39 is 21.0 Å². The summed E-state index contributed by atoms with van der Waals surface area (Å²) in [6.45, 7) is 10.2. The van der Waals surface area contributed by atoms with Crippen LogP contribution in [-0.4, -0.2) is 32.8 Å². The van der Waals surface area contributed by atoms with E-state index in [4.69, 9.17) is 9.47 Å². The van der Waals surface area contributed by atoms with Crippen molar-refractivity contribution in [2.75, 3.05) is 13.2 Å². The van der Waals surface area contributed by atoms with Crippen LogP contribution in [-0.2, 0) is 19.3 Å². The third-order valence-corrected chi connectivity index (χ3v) is 10.2. The Hall–Kier alpha value is -1.69. The largest absolute Gasteiger partial charge is 0.366 e. The Morgan fingerprint density at radius 2 is 1.00 bits per heavy atom. The number of allylic oxidation sites excluding steroid dienone is 4. The van der Waals surface area contributed by atoms with E-state index in [0.717, 1.165) is 38.5 Å². The highest BCUT2D eigenvalue weighted by Gasteiger charge is 2.33. The first-order valence-electron chi connectivity index (χ1n) is 17.5. The number of unbranched alkanes of at least 4 members (excludes halogenated alkanes) is 12. The van der Waals surface area contributed by atoms with E-state index in [2.05, 4.69) is 52.0 Å². The molecule has 0 aromatic carbocycles. The second-order valence-corrected chi connectivity index (χ2v) is 14.3. The average molecular weight is 615 g/mol. The summed E-state index contributed by atoms with van der Waals surface area (Å²) in [5, 5.41) is 0. The summed E-state index contributed by atoms with van der Waals surface area (Å²) in [5.41, 5.74) is -1.14. The van der Waals surface area contributed by atoms with Gasteiger partial charge in [-0.1, -0.05) is 141 Å². The third-order valence-electron chi connectivity index (χ3n) is 8.37. The van der Waals surface area contributed by atoms with Gasteiger partial charge in [0.05, 0.1) is 9.81 Å². The second-order valence-electron chi connectivity index (χ2n) is 12.3. The maximum absolute atomic E-state index is 13.7. The monoisotopic (exact) mass is 614 g/mol. The Kier molecular flexibility index (Phi) is 18.4. The maximum atomic E-state index is 13.7. The normalized spacial score (nSPS) is 22.5. The lowest BCUT2D eigenvalue weighted by molar-refractivity contribution is 0.0261. The van der Waals surface area contributed by atoms with Gasteiger partial charge >= 0.3 is 0 Å². The van der Waals surface area contributed by atoms with Crippen LogP contribution in [0, 0.1) is 0 Å². The van der Waals surface area contributed by atoms with Crippen LogP contribution < -0.4 is 0 Å². The minimum Gasteiger partial charge on any atom is -0.366 e. The Morgan fingerprint density at radius 3 is 1.35 bits per heavy atom. The van der Waals surface area contributed by atoms with Crippen LogP contribution in [0.25, 0.3) is 0 Å². The minimum atomic E-state index is -3.62. The average Bonchev–Trinajstić information content (AvgIpc) is 3.01. The van der Waals surface area contributed by atoms with Gasteiger partial charge in [0.1, 0.15) is 11.2 Å². The van der Waals surface area contributed by atoms with Crippen LogP contribution in [0.3, 0.4) is 0 Å². The van der Waals surface area contributed by atoms with Crippen molar-refractivity contribution in [2.45, 2.75) is 154 Å². The molecule has 0 aromatic rings. The predicted molar refractivity (Wildman–Crippen MR) is 185 cm³/mol. The lowest BCUT2D eigenvalue weighted by atomic mass is 9.93. The summed E-state index contributed by atoms with van der Waals surface area (Å²) in [4.78, 5) is 0.709. The van der Waals surface area contributed by atoms with Gasteiger partial charge in [-0.25, -0.2) is 8.42 Å². The summed E-state index contributed by atoms with van der Waals surface area (Å²) in [7, 11) is -3.62. The topological polar surface area (TPSA) is 52.6 Å². The van der Waals surface area contributed by atoms with Crippen LogP contribution in [0.4, 0.5) is 0 Å². The van der Waals surface area contributed by atoms with Gasteiger partial charge in [0.15, 0.2) is 0 Å². The molecule has 0 saturated carbocycles. The fourth-order valence-electron chi connectivity index (χ4n) is 5.52. The molecule has 2 aliphatic rings. The Bertz CT molecular complexity index is 984. The summed E-state index contributed by atoms with van der Waals surface area (Å²) >= 11 is 0. The molecule has 0 N–H and O–H groups in total. The molecule has 0 spiro atoms. The molecule has 2 unspecified atom stereocenters. The van der Waals surface area contributed by atoms with E-state index in [1.165, 1.54) is 64.2 Å². The van der Waals surface area contributed by atoms with Gasteiger partial charge in [-0.3, -0.25) is 0 Å². The van der Waals surface area contributed by atoms with Crippen LogP contribution in [0.5, 0.6) is 0 Å². The van der Waals surface area contributed by atoms with E-state index >= 15 is 0 Å². The van der Waals surface area contributed by atoms with Crippen LogP contribution in [0.2, 0.25) is 0 Å². The molecule has 0 aliphatic heterocycles. The zero-order valence-electron chi connectivity index (χ0n) is 28.0. The van der Waals surface area contributed by atoms with Gasteiger partial charge in [-0.2, -0.15) is 0 Å². The highest BCUT2D eigenvalue weighted by atomic mass is 32.2. The zero-order valence-corrected chi connectivity index (χ0v) is 28.8. The van der Waals surface area contributed by atoms with Crippen molar-refractivity contribution >= 4 is 9.84 Å². The second kappa shape index (κ2) is 21.1. The van der Waals surface area contributed by atoms with Crippen molar-refractivity contribution in [3.8, 4) is 0 Å². The van der Waals surface area contributed by atoms with Crippen molar-refractivity contribution in [3.63, 3.8) is 0 Å². The minimum absolute atomic E-state index is 0.355. The molecule has 2 atom stereocenters. The predicted octanol–water partition coefficient (Wildman–Crippen LogP) is 11.0. The number of sulfone groups is 1. The van der Waals surface area contributed by atoms with E-state index in [1.807, 2.05) is 24.3 Å². The van der Waals surface area contributed by atoms with Gasteiger partial charge in [-0.15, -0.1) is 0 Å². The smallest absolute Gasteiger partial charge is 0.205 e. The number of ether oxygens (including phenoxy) is 2. The highest BCUT2D eigenvalue weighted by molar-refractivity contribution is 7.99. The van der Waals surface area contributed by atoms with Crippen LogP contribution in [0.15, 0.2) is 70.6 Å². The molecular weight excluding hydrogens is 552 g/mol. The number of hydrogen-bond acceptors (Lipinski definition) is 4. The SMILES string of the molecule is CCCC=CC1(OCCCCCCCC)C=CC(S(=O)(=O)C2=CCC(C=CCCC)(OCCCCCCCC)C=C2)=CC1. The molecule has 5 heteroatoms. The molecule has 2 rings (SSSR count). The molecule has 4 nitrogen and oxygen atoms in total. The first-order chi connectivity index (χ1) is 20.9. The van der Waals surface area contributed by atoms with Crippen molar-refractivity contribution in [1.82, 2.24) is 0 Å². The number of rotatable bonds is 24. The van der Waals surface area contributed by atoms with E-state index in [9.17, 15) is 8.42 Å². The standard InChI is InChI=1S/C38H62O4S/c1-5-9-13-15-17-21-33-41-37(27-19-11-7-3)29-23-35(24-30-37)43(39,40)36-25-31-38(32-26-36,28-20-12-8-4)42-34-22-18-16-14-10-6-2/h19-20,23-29,31H,5-18,21-22,30,32-34H2,1-4H3. The molecule has 0 saturated heterocycles. The van der Waals surface area contributed by atoms with Gasteiger partial charge in [0, 0.05) is 26.1 Å². The first kappa shape index (κ1) is 37.5. The highest BCUT2D eigenvalue weighted by Crippen LogP contribution is 2.35. The van der Waals surface area contributed by atoms with Gasteiger partial charge in [-0.05, 0) is 50.0 Å². The third kappa shape index (κ3) is 13.5. The molecule has 0 amide bonds. The van der Waals surface area contributed by atoms with E-state index in [-0.39, 0.29) is 0 Å². The Balaban J connectivity index is 2.05. The van der Waals surface area contributed by atoms with Crippen LogP contribution >= 0.6 is 0 Å². The molecule has 0 aromatic heterocycles. The molecule has 0 heterocycles. The molecule has 244 valence electrons. The molecule has 43 heavy (non-hydrogen) atoms. The van der Waals surface area contributed by atoms with Crippen molar-refractivity contribution in [1.29, 1.82) is 0 Å². The Morgan fingerprint density at radius 1 is 0.605 bits per heavy atom. The van der Waals surface area contributed by atoms with Crippen molar-refractivity contribution in [2.24, 2.45) is 0 Å². The lowest BCUT2D eigenvalue weighted by Crippen LogP contribution is -2.31. The molecular formula is C38H62O4S. The van der Waals surface area contributed by atoms with Crippen LogP contribution in [0.1, 0.15) is 143 Å². The van der Waals surface area contributed by atoms with Crippen molar-refractivity contribution in [3.05, 3.63) is 70.6 Å². The van der Waals surface area contributed by atoms with Crippen molar-refractivity contribution < 1.29 is 17.9 Å². The maximum Gasteiger partial charge on any atom is 0.205 e. The fraction of sp³-hybridized carbons (Fsp3) is 0.684. The lowest BCUT2D eigenvalue weighted by Gasteiger charge is -2.31. The summed E-state index contributed by atoms with van der Waals surface area (Å²) in [6, 6.07) is 0. The van der Waals surface area contributed by atoms with Gasteiger partial charge in [0.25, 0.3) is 0 Å². The fourth-order valence-corrected chi connectivity index (χ4v) is 6.89. The van der Waals surface area contributed by atoms with E-state index in [1.54, 1.807) is 12.2 Å². The summed E-state index contributed by atoms with van der Waals surface area (Å²) < 4.78 is 40.2. The quantitative estimate of drug-likeness (QED) is 0.0801. The molecule has 0 fully saturated rings. The zero-order chi connectivity index (χ0) is 31.3. The molecule has 0 bridgehead atoms. The molecule has 2 aliphatic carbocycles. The first-order valence-corrected chi connectivity index (χ1v) is 19.0. The number of hydrogen-bond donors (Lipinski definition) is 0. The summed E-state index contributed by atoms with van der Waals surface area (Å²) in [5.74, 6) is 0. The summed E-state index contributed by atoms with van der Waals surface area (Å²) in [6.07, 6.45) is 39.4.